The van der Waals surface area contributed by atoms with Crippen molar-refractivity contribution in [1.82, 2.24) is 0 Å². The van der Waals surface area contributed by atoms with Crippen LogP contribution in [-0.2, 0) is 4.79 Å². The molecular formula is C21H19NO2S. The monoisotopic (exact) mass is 349 g/mol. The highest BCUT2D eigenvalue weighted by molar-refractivity contribution is 8.00. The molecule has 3 aromatic rings. The molecule has 0 aliphatic heterocycles. The topological polar surface area (TPSA) is 46.2 Å². The molecule has 1 amide bonds. The van der Waals surface area contributed by atoms with E-state index >= 15 is 0 Å². The fraction of sp³-hybridized carbons (Fsp3) is 0.143. The van der Waals surface area contributed by atoms with Crippen LogP contribution in [0.4, 0.5) is 5.69 Å². The highest BCUT2D eigenvalue weighted by Crippen LogP contribution is 2.28. The summed E-state index contributed by atoms with van der Waals surface area (Å²) in [6.07, 6.45) is 0. The van der Waals surface area contributed by atoms with Crippen LogP contribution in [0.2, 0.25) is 0 Å². The molecule has 1 unspecified atom stereocenters. The molecule has 0 aliphatic rings. The number of nitrogens with one attached hydrogen (secondary N) is 1. The van der Waals surface area contributed by atoms with E-state index in [4.69, 9.17) is 0 Å². The molecule has 0 saturated carbocycles. The highest BCUT2D eigenvalue weighted by atomic mass is 32.2. The number of Topliss-reactive ketones (excluding diaryl/α,β-unsaturated/α-hetero) is 1. The van der Waals surface area contributed by atoms with E-state index < -0.39 is 0 Å². The van der Waals surface area contributed by atoms with E-state index in [1.807, 2.05) is 19.1 Å². The van der Waals surface area contributed by atoms with Crippen LogP contribution >= 0.6 is 11.8 Å². The molecule has 3 rings (SSSR count). The van der Waals surface area contributed by atoms with Crippen molar-refractivity contribution in [2.75, 3.05) is 5.32 Å². The molecule has 3 aromatic carbocycles. The van der Waals surface area contributed by atoms with Gasteiger partial charge in [0.25, 0.3) is 0 Å². The maximum atomic E-state index is 12.6. The molecule has 0 heterocycles. The second-order valence-corrected chi connectivity index (χ2v) is 7.31. The Labute approximate surface area is 151 Å². The minimum absolute atomic E-state index is 0.0764. The molecule has 1 N–H and O–H groups in total. The van der Waals surface area contributed by atoms with Gasteiger partial charge in [-0.05, 0) is 54.1 Å². The molecule has 0 radical (unpaired) electrons. The third-order valence-electron chi connectivity index (χ3n) is 3.89. The van der Waals surface area contributed by atoms with E-state index in [0.29, 0.717) is 11.3 Å². The lowest BCUT2D eigenvalue weighted by Crippen LogP contribution is -2.13. The maximum Gasteiger partial charge on any atom is 0.221 e. The summed E-state index contributed by atoms with van der Waals surface area (Å²) in [5, 5.41) is 4.88. The third-order valence-corrected chi connectivity index (χ3v) is 4.99. The second kappa shape index (κ2) is 7.53. The minimum atomic E-state index is -0.187. The first kappa shape index (κ1) is 17.2. The average molecular weight is 349 g/mol. The van der Waals surface area contributed by atoms with Gasteiger partial charge in [-0.25, -0.2) is 0 Å². The van der Waals surface area contributed by atoms with Crippen molar-refractivity contribution in [2.24, 2.45) is 0 Å². The predicted molar refractivity (Wildman–Crippen MR) is 104 cm³/mol. The van der Waals surface area contributed by atoms with Crippen LogP contribution in [0.3, 0.4) is 0 Å². The van der Waals surface area contributed by atoms with Crippen molar-refractivity contribution >= 4 is 39.9 Å². The average Bonchev–Trinajstić information content (AvgIpc) is 2.61. The van der Waals surface area contributed by atoms with Crippen molar-refractivity contribution in [2.45, 2.75) is 24.0 Å². The molecular weight excluding hydrogens is 330 g/mol. The molecule has 25 heavy (non-hydrogen) atoms. The SMILES string of the molecule is CC(=O)Nc1ccc(C(=O)C(C)Sc2ccc3ccccc3c2)cc1. The lowest BCUT2D eigenvalue weighted by Gasteiger charge is -2.11. The van der Waals surface area contributed by atoms with Crippen LogP contribution in [0.5, 0.6) is 0 Å². The van der Waals surface area contributed by atoms with Crippen molar-refractivity contribution < 1.29 is 9.59 Å². The van der Waals surface area contributed by atoms with Gasteiger partial charge in [0.2, 0.25) is 5.91 Å². The summed E-state index contributed by atoms with van der Waals surface area (Å²) in [6.45, 7) is 3.38. The fourth-order valence-corrected chi connectivity index (χ4v) is 3.65. The number of amides is 1. The van der Waals surface area contributed by atoms with E-state index in [9.17, 15) is 9.59 Å². The summed E-state index contributed by atoms with van der Waals surface area (Å²) < 4.78 is 0. The predicted octanol–water partition coefficient (Wildman–Crippen LogP) is 5.16. The van der Waals surface area contributed by atoms with Crippen LogP contribution in [0, 0.1) is 0 Å². The van der Waals surface area contributed by atoms with E-state index in [-0.39, 0.29) is 16.9 Å². The van der Waals surface area contributed by atoms with Gasteiger partial charge in [-0.2, -0.15) is 0 Å². The van der Waals surface area contributed by atoms with Crippen molar-refractivity contribution in [3.63, 3.8) is 0 Å². The lowest BCUT2D eigenvalue weighted by molar-refractivity contribution is -0.114. The van der Waals surface area contributed by atoms with Crippen LogP contribution < -0.4 is 5.32 Å². The quantitative estimate of drug-likeness (QED) is 0.511. The Balaban J connectivity index is 1.71. The highest BCUT2D eigenvalue weighted by Gasteiger charge is 2.16. The Morgan fingerprint density at radius 2 is 1.60 bits per heavy atom. The molecule has 0 bridgehead atoms. The second-order valence-electron chi connectivity index (χ2n) is 5.89. The van der Waals surface area contributed by atoms with Gasteiger partial charge in [-0.15, -0.1) is 11.8 Å². The van der Waals surface area contributed by atoms with Gasteiger partial charge in [0.15, 0.2) is 5.78 Å². The van der Waals surface area contributed by atoms with Gasteiger partial charge in [0.05, 0.1) is 5.25 Å². The number of anilines is 1. The Kier molecular flexibility index (Phi) is 5.19. The number of thioether (sulfide) groups is 1. The number of benzene rings is 3. The van der Waals surface area contributed by atoms with Crippen LogP contribution in [0.1, 0.15) is 24.2 Å². The summed E-state index contributed by atoms with van der Waals surface area (Å²) in [6, 6.07) is 21.5. The van der Waals surface area contributed by atoms with Crippen LogP contribution in [0.15, 0.2) is 71.6 Å². The summed E-state index contributed by atoms with van der Waals surface area (Å²) in [7, 11) is 0. The Morgan fingerprint density at radius 3 is 2.28 bits per heavy atom. The van der Waals surface area contributed by atoms with Crippen LogP contribution in [0.25, 0.3) is 10.8 Å². The number of rotatable bonds is 5. The molecule has 1 atom stereocenters. The zero-order valence-corrected chi connectivity index (χ0v) is 15.0. The van der Waals surface area contributed by atoms with E-state index in [1.54, 1.807) is 36.0 Å². The van der Waals surface area contributed by atoms with Gasteiger partial charge in [-0.3, -0.25) is 9.59 Å². The van der Waals surface area contributed by atoms with Gasteiger partial charge in [0.1, 0.15) is 0 Å². The zero-order valence-electron chi connectivity index (χ0n) is 14.2. The molecule has 4 heteroatoms. The molecule has 126 valence electrons. The molecule has 0 spiro atoms. The number of hydrogen-bond acceptors (Lipinski definition) is 3. The Bertz CT molecular complexity index is 919. The zero-order chi connectivity index (χ0) is 17.8. The standard InChI is InChI=1S/C21H19NO2S/c1-14(21(24)17-7-10-19(11-8-17)22-15(2)23)25-20-12-9-16-5-3-4-6-18(16)13-20/h3-14H,1-2H3,(H,22,23). The number of carbonyl (C=O) groups excluding carboxylic acids is 2. The molecule has 3 nitrogen and oxygen atoms in total. The number of carbonyl (C=O) groups is 2. The first-order valence-electron chi connectivity index (χ1n) is 8.10. The van der Waals surface area contributed by atoms with Gasteiger partial charge in [0, 0.05) is 23.1 Å². The van der Waals surface area contributed by atoms with Gasteiger partial charge in [-0.1, -0.05) is 30.3 Å². The van der Waals surface area contributed by atoms with Crippen molar-refractivity contribution in [3.05, 3.63) is 72.3 Å². The van der Waals surface area contributed by atoms with E-state index in [0.717, 1.165) is 4.90 Å². The largest absolute Gasteiger partial charge is 0.326 e. The smallest absolute Gasteiger partial charge is 0.221 e. The fourth-order valence-electron chi connectivity index (χ4n) is 2.65. The Morgan fingerprint density at radius 1 is 0.920 bits per heavy atom. The summed E-state index contributed by atoms with van der Waals surface area (Å²) in [4.78, 5) is 24.8. The van der Waals surface area contributed by atoms with E-state index in [1.165, 1.54) is 17.7 Å². The number of ketones is 1. The maximum absolute atomic E-state index is 12.6. The van der Waals surface area contributed by atoms with Crippen LogP contribution in [-0.4, -0.2) is 16.9 Å². The normalized spacial score (nSPS) is 11.9. The first-order valence-corrected chi connectivity index (χ1v) is 8.98. The van der Waals surface area contributed by atoms with Crippen molar-refractivity contribution in [1.29, 1.82) is 0 Å². The van der Waals surface area contributed by atoms with E-state index in [2.05, 4.69) is 35.6 Å². The molecule has 0 saturated heterocycles. The number of fused-ring (bicyclic) bond motifs is 1. The third kappa shape index (κ3) is 4.28. The van der Waals surface area contributed by atoms with Gasteiger partial charge >= 0.3 is 0 Å². The van der Waals surface area contributed by atoms with Gasteiger partial charge < -0.3 is 5.32 Å². The first-order chi connectivity index (χ1) is 12.0. The number of hydrogen-bond donors (Lipinski definition) is 1. The Hall–Kier alpha value is -2.59. The molecule has 0 aromatic heterocycles. The summed E-state index contributed by atoms with van der Waals surface area (Å²) >= 11 is 1.56. The minimum Gasteiger partial charge on any atom is -0.326 e. The molecule has 0 aliphatic carbocycles. The lowest BCUT2D eigenvalue weighted by atomic mass is 10.1. The molecule has 0 fully saturated rings. The summed E-state index contributed by atoms with van der Waals surface area (Å²) in [5.41, 5.74) is 1.34. The summed E-state index contributed by atoms with van der Waals surface area (Å²) in [5.74, 6) is -0.0492. The van der Waals surface area contributed by atoms with Crippen molar-refractivity contribution in [3.8, 4) is 0 Å².